The van der Waals surface area contributed by atoms with Crippen LogP contribution in [-0.4, -0.2) is 47.9 Å². The number of rotatable bonds is 3. The number of piperidine rings is 1. The average Bonchev–Trinajstić information content (AvgIpc) is 3.02. The smallest absolute Gasteiger partial charge is 0.237 e. The van der Waals surface area contributed by atoms with Crippen LogP contribution in [0.2, 0.25) is 0 Å². The molecular formula is C14H23N3O2. The third kappa shape index (κ3) is 2.76. The number of nitrogens with one attached hydrogen (secondary N) is 2. The summed E-state index contributed by atoms with van der Waals surface area (Å²) in [6.07, 6.45) is 4.77. The molecular weight excluding hydrogens is 242 g/mol. The van der Waals surface area contributed by atoms with Crippen molar-refractivity contribution < 1.29 is 9.59 Å². The van der Waals surface area contributed by atoms with Crippen LogP contribution < -0.4 is 10.6 Å². The highest BCUT2D eigenvalue weighted by atomic mass is 16.2. The van der Waals surface area contributed by atoms with Gasteiger partial charge in [0.25, 0.3) is 0 Å². The van der Waals surface area contributed by atoms with Crippen molar-refractivity contribution in [3.8, 4) is 0 Å². The van der Waals surface area contributed by atoms with E-state index in [1.54, 1.807) is 0 Å². The molecule has 5 heteroatoms. The first-order valence-electron chi connectivity index (χ1n) is 7.48. The first-order valence-corrected chi connectivity index (χ1v) is 7.48. The van der Waals surface area contributed by atoms with Crippen LogP contribution in [0.25, 0.3) is 0 Å². The fourth-order valence-corrected chi connectivity index (χ4v) is 3.26. The fraction of sp³-hybridized carbons (Fsp3) is 0.857. The van der Waals surface area contributed by atoms with Gasteiger partial charge in [-0.15, -0.1) is 0 Å². The number of carbonyl (C=O) groups excluding carboxylic acids is 2. The minimum atomic E-state index is -0.0576. The van der Waals surface area contributed by atoms with Gasteiger partial charge in [0.1, 0.15) is 0 Å². The van der Waals surface area contributed by atoms with Gasteiger partial charge in [-0.25, -0.2) is 0 Å². The van der Waals surface area contributed by atoms with Gasteiger partial charge in [0.2, 0.25) is 11.8 Å². The van der Waals surface area contributed by atoms with Crippen LogP contribution in [0, 0.1) is 5.92 Å². The van der Waals surface area contributed by atoms with Crippen molar-refractivity contribution in [2.24, 2.45) is 5.92 Å². The number of hydrogen-bond acceptors (Lipinski definition) is 3. The Morgan fingerprint density at radius 3 is 2.84 bits per heavy atom. The van der Waals surface area contributed by atoms with Crippen molar-refractivity contribution in [3.63, 3.8) is 0 Å². The molecule has 0 unspecified atom stereocenters. The maximum absolute atomic E-state index is 12.1. The van der Waals surface area contributed by atoms with Crippen LogP contribution in [0.15, 0.2) is 0 Å². The molecule has 0 aromatic carbocycles. The predicted molar refractivity (Wildman–Crippen MR) is 71.5 cm³/mol. The molecule has 2 heterocycles. The molecule has 0 aromatic heterocycles. The second-order valence-electron chi connectivity index (χ2n) is 6.24. The van der Waals surface area contributed by atoms with E-state index in [-0.39, 0.29) is 23.9 Å². The first kappa shape index (κ1) is 12.9. The normalized spacial score (nSPS) is 38.4. The summed E-state index contributed by atoms with van der Waals surface area (Å²) in [5, 5.41) is 6.29. The highest BCUT2D eigenvalue weighted by Gasteiger charge is 2.45. The van der Waals surface area contributed by atoms with E-state index in [0.717, 1.165) is 32.2 Å². The van der Waals surface area contributed by atoms with E-state index in [2.05, 4.69) is 17.6 Å². The second kappa shape index (κ2) is 5.12. The fourth-order valence-electron chi connectivity index (χ4n) is 3.26. The van der Waals surface area contributed by atoms with E-state index in [9.17, 15) is 9.59 Å². The number of nitrogens with zero attached hydrogens (tertiary/aromatic N) is 1. The first-order chi connectivity index (χ1) is 9.15. The molecule has 106 valence electrons. The Bertz CT molecular complexity index is 379. The third-order valence-corrected chi connectivity index (χ3v) is 4.60. The van der Waals surface area contributed by atoms with Gasteiger partial charge in [0.05, 0.1) is 12.1 Å². The van der Waals surface area contributed by atoms with Crippen molar-refractivity contribution in [2.75, 3.05) is 13.1 Å². The Hall–Kier alpha value is -1.10. The van der Waals surface area contributed by atoms with E-state index in [1.807, 2.05) is 4.90 Å². The molecule has 5 nitrogen and oxygen atoms in total. The second-order valence-corrected chi connectivity index (χ2v) is 6.24. The summed E-state index contributed by atoms with van der Waals surface area (Å²) in [5.74, 6) is 0.915. The lowest BCUT2D eigenvalue weighted by atomic mass is 10.0. The molecule has 2 saturated heterocycles. The maximum Gasteiger partial charge on any atom is 0.237 e. The Morgan fingerprint density at radius 2 is 2.21 bits per heavy atom. The van der Waals surface area contributed by atoms with E-state index in [0.29, 0.717) is 24.9 Å². The topological polar surface area (TPSA) is 61.4 Å². The summed E-state index contributed by atoms with van der Waals surface area (Å²) in [6, 6.07) is 0.386. The monoisotopic (exact) mass is 265 g/mol. The molecule has 0 bridgehead atoms. The summed E-state index contributed by atoms with van der Waals surface area (Å²) in [5.41, 5.74) is 0. The van der Waals surface area contributed by atoms with Crippen LogP contribution in [0.4, 0.5) is 0 Å². The minimum Gasteiger partial charge on any atom is -0.350 e. The zero-order chi connectivity index (χ0) is 13.4. The molecule has 2 aliphatic heterocycles. The molecule has 1 aliphatic carbocycles. The van der Waals surface area contributed by atoms with Gasteiger partial charge < -0.3 is 15.5 Å². The van der Waals surface area contributed by atoms with Crippen molar-refractivity contribution in [1.82, 2.24) is 15.5 Å². The molecule has 3 aliphatic rings. The van der Waals surface area contributed by atoms with Crippen LogP contribution in [0.5, 0.6) is 0 Å². The predicted octanol–water partition coefficient (Wildman–Crippen LogP) is 0.254. The Balaban J connectivity index is 1.50. The summed E-state index contributed by atoms with van der Waals surface area (Å²) in [7, 11) is 0. The molecule has 1 saturated carbocycles. The van der Waals surface area contributed by atoms with Crippen LogP contribution in [-0.2, 0) is 9.59 Å². The summed E-state index contributed by atoms with van der Waals surface area (Å²) >= 11 is 0. The number of hydrogen-bond donors (Lipinski definition) is 2. The number of amides is 2. The molecule has 0 aromatic rings. The minimum absolute atomic E-state index is 0.0107. The SMILES string of the molecule is C[C@@H]1C[C@@H]1N1C[C@@H](NC(=O)[C@@H]2CCCCN2)CC1=O. The van der Waals surface area contributed by atoms with Gasteiger partial charge >= 0.3 is 0 Å². The molecule has 4 atom stereocenters. The summed E-state index contributed by atoms with van der Waals surface area (Å²) in [4.78, 5) is 26.0. The zero-order valence-corrected chi connectivity index (χ0v) is 11.5. The Labute approximate surface area is 114 Å². The molecule has 19 heavy (non-hydrogen) atoms. The van der Waals surface area contributed by atoms with Crippen LogP contribution >= 0.6 is 0 Å². The van der Waals surface area contributed by atoms with Gasteiger partial charge in [0, 0.05) is 19.0 Å². The number of likely N-dealkylation sites (tertiary alicyclic amines) is 1. The lowest BCUT2D eigenvalue weighted by Gasteiger charge is -2.24. The van der Waals surface area contributed by atoms with E-state index in [1.165, 1.54) is 0 Å². The van der Waals surface area contributed by atoms with Crippen molar-refractivity contribution in [1.29, 1.82) is 0 Å². The lowest BCUT2D eigenvalue weighted by molar-refractivity contribution is -0.128. The summed E-state index contributed by atoms with van der Waals surface area (Å²) in [6.45, 7) is 3.80. The van der Waals surface area contributed by atoms with Crippen molar-refractivity contribution in [3.05, 3.63) is 0 Å². The van der Waals surface area contributed by atoms with Gasteiger partial charge in [-0.2, -0.15) is 0 Å². The van der Waals surface area contributed by atoms with Gasteiger partial charge in [-0.1, -0.05) is 13.3 Å². The molecule has 2 amide bonds. The Kier molecular flexibility index (Phi) is 3.48. The average molecular weight is 265 g/mol. The summed E-state index contributed by atoms with van der Waals surface area (Å²) < 4.78 is 0. The van der Waals surface area contributed by atoms with Crippen molar-refractivity contribution >= 4 is 11.8 Å². The zero-order valence-electron chi connectivity index (χ0n) is 11.5. The van der Waals surface area contributed by atoms with E-state index >= 15 is 0 Å². The third-order valence-electron chi connectivity index (χ3n) is 4.60. The van der Waals surface area contributed by atoms with Gasteiger partial charge in [0.15, 0.2) is 0 Å². The molecule has 3 rings (SSSR count). The molecule has 0 spiro atoms. The lowest BCUT2D eigenvalue weighted by Crippen LogP contribution is -2.50. The highest BCUT2D eigenvalue weighted by molar-refractivity contribution is 5.85. The quantitative estimate of drug-likeness (QED) is 0.769. The van der Waals surface area contributed by atoms with Crippen molar-refractivity contribution in [2.45, 2.75) is 57.2 Å². The van der Waals surface area contributed by atoms with E-state index in [4.69, 9.17) is 0 Å². The van der Waals surface area contributed by atoms with Gasteiger partial charge in [-0.3, -0.25) is 9.59 Å². The largest absolute Gasteiger partial charge is 0.350 e. The van der Waals surface area contributed by atoms with Gasteiger partial charge in [-0.05, 0) is 31.7 Å². The Morgan fingerprint density at radius 1 is 1.42 bits per heavy atom. The highest BCUT2D eigenvalue weighted by Crippen LogP contribution is 2.37. The number of carbonyl (C=O) groups is 2. The van der Waals surface area contributed by atoms with E-state index < -0.39 is 0 Å². The van der Waals surface area contributed by atoms with Crippen LogP contribution in [0.3, 0.4) is 0 Å². The standard InChI is InChI=1S/C14H23N3O2/c1-9-6-12(9)17-8-10(7-13(17)18)16-14(19)11-4-2-3-5-15-11/h9-12,15H,2-8H2,1H3,(H,16,19)/t9-,10+,11+,12+/m1/s1. The van der Waals surface area contributed by atoms with Crippen LogP contribution in [0.1, 0.15) is 39.0 Å². The molecule has 0 radical (unpaired) electrons. The molecule has 3 fully saturated rings. The molecule has 2 N–H and O–H groups in total. The maximum atomic E-state index is 12.1.